The molecule has 0 aromatic heterocycles. The summed E-state index contributed by atoms with van der Waals surface area (Å²) < 4.78 is 0. The Morgan fingerprint density at radius 2 is 1.82 bits per heavy atom. The Labute approximate surface area is 69.5 Å². The fourth-order valence-electron chi connectivity index (χ4n) is 0.679. The van der Waals surface area contributed by atoms with Crippen molar-refractivity contribution in [2.45, 2.75) is 20.8 Å². The summed E-state index contributed by atoms with van der Waals surface area (Å²) in [6, 6.07) is 4.99. The minimum absolute atomic E-state index is 0.296. The summed E-state index contributed by atoms with van der Waals surface area (Å²) >= 11 is 0. The van der Waals surface area contributed by atoms with E-state index in [0.717, 1.165) is 5.56 Å². The maximum Gasteiger partial charge on any atom is 0.118 e. The zero-order valence-electron chi connectivity index (χ0n) is 7.26. The van der Waals surface area contributed by atoms with Crippen LogP contribution in [0.2, 0.25) is 0 Å². The van der Waals surface area contributed by atoms with Gasteiger partial charge < -0.3 is 5.11 Å². The van der Waals surface area contributed by atoms with E-state index in [1.54, 1.807) is 18.2 Å². The van der Waals surface area contributed by atoms with Gasteiger partial charge in [0.15, 0.2) is 0 Å². The number of benzene rings is 1. The average Bonchev–Trinajstić information content (AvgIpc) is 2.02. The lowest BCUT2D eigenvalue weighted by molar-refractivity contribution is 0.471. The third-order valence-corrected chi connectivity index (χ3v) is 1.22. The highest BCUT2D eigenvalue weighted by Crippen LogP contribution is 2.11. The van der Waals surface area contributed by atoms with Crippen molar-refractivity contribution in [3.05, 3.63) is 23.8 Å². The Hall–Kier alpha value is -0.915. The van der Waals surface area contributed by atoms with E-state index in [1.807, 2.05) is 20.8 Å². The van der Waals surface area contributed by atoms with Crippen LogP contribution in [0.25, 0.3) is 0 Å². The minimum atomic E-state index is 0.296. The van der Waals surface area contributed by atoms with Crippen molar-refractivity contribution in [2.24, 2.45) is 0 Å². The van der Waals surface area contributed by atoms with Crippen LogP contribution < -0.4 is 5.46 Å². The Balaban J connectivity index is 0.000000461. The smallest absolute Gasteiger partial charge is 0.118 e. The third-order valence-electron chi connectivity index (χ3n) is 1.22. The van der Waals surface area contributed by atoms with Crippen LogP contribution >= 0.6 is 0 Å². The van der Waals surface area contributed by atoms with E-state index in [2.05, 4.69) is 0 Å². The van der Waals surface area contributed by atoms with Crippen molar-refractivity contribution in [2.75, 3.05) is 0 Å². The van der Waals surface area contributed by atoms with Crippen molar-refractivity contribution < 1.29 is 5.11 Å². The molecule has 1 nitrogen and oxygen atoms in total. The summed E-state index contributed by atoms with van der Waals surface area (Å²) in [5.74, 6) is 0.296. The number of hydrogen-bond acceptors (Lipinski definition) is 1. The highest BCUT2D eigenvalue weighted by molar-refractivity contribution is 6.32. The Bertz CT molecular complexity index is 221. The van der Waals surface area contributed by atoms with Crippen molar-refractivity contribution in [3.8, 4) is 5.75 Å². The molecular weight excluding hydrogens is 135 g/mol. The van der Waals surface area contributed by atoms with Gasteiger partial charge in [0.25, 0.3) is 0 Å². The molecule has 11 heavy (non-hydrogen) atoms. The Kier molecular flexibility index (Phi) is 4.43. The van der Waals surface area contributed by atoms with E-state index >= 15 is 0 Å². The molecule has 1 rings (SSSR count). The summed E-state index contributed by atoms with van der Waals surface area (Å²) in [4.78, 5) is 0. The van der Waals surface area contributed by atoms with Crippen LogP contribution in [0.5, 0.6) is 5.75 Å². The number of phenols is 1. The summed E-state index contributed by atoms with van der Waals surface area (Å²) in [7, 11) is 5.42. The van der Waals surface area contributed by atoms with Crippen LogP contribution in [0.1, 0.15) is 19.4 Å². The maximum atomic E-state index is 8.99. The number of aromatic hydroxyl groups is 1. The van der Waals surface area contributed by atoms with Crippen LogP contribution in [0.15, 0.2) is 18.2 Å². The molecule has 0 saturated heterocycles. The molecule has 2 radical (unpaired) electrons. The first kappa shape index (κ1) is 10.1. The number of hydrogen-bond donors (Lipinski definition) is 1. The van der Waals surface area contributed by atoms with E-state index in [-0.39, 0.29) is 0 Å². The van der Waals surface area contributed by atoms with Crippen LogP contribution in [-0.4, -0.2) is 13.0 Å². The highest BCUT2D eigenvalue weighted by Gasteiger charge is 1.91. The van der Waals surface area contributed by atoms with E-state index in [1.165, 1.54) is 0 Å². The molecule has 0 aliphatic rings. The molecule has 1 aromatic carbocycles. The largest absolute Gasteiger partial charge is 0.508 e. The molecule has 0 aliphatic heterocycles. The first-order valence-corrected chi connectivity index (χ1v) is 3.75. The number of rotatable bonds is 0. The van der Waals surface area contributed by atoms with E-state index in [4.69, 9.17) is 13.0 Å². The molecule has 2 heteroatoms. The van der Waals surface area contributed by atoms with E-state index in [9.17, 15) is 0 Å². The highest BCUT2D eigenvalue weighted by atomic mass is 16.3. The molecular formula is C9H13BO. The zero-order chi connectivity index (χ0) is 8.85. The van der Waals surface area contributed by atoms with Gasteiger partial charge in [-0.1, -0.05) is 31.4 Å². The molecule has 1 aromatic rings. The predicted octanol–water partition coefficient (Wildman–Crippen LogP) is 1.52. The number of aryl methyl sites for hydroxylation is 1. The third kappa shape index (κ3) is 3.12. The minimum Gasteiger partial charge on any atom is -0.508 e. The fraction of sp³-hybridized carbons (Fsp3) is 0.333. The summed E-state index contributed by atoms with van der Waals surface area (Å²) in [6.45, 7) is 5.81. The lowest BCUT2D eigenvalue weighted by Gasteiger charge is -1.97. The molecule has 1 N–H and O–H groups in total. The maximum absolute atomic E-state index is 8.99. The van der Waals surface area contributed by atoms with Gasteiger partial charge in [-0.3, -0.25) is 0 Å². The van der Waals surface area contributed by atoms with Gasteiger partial charge in [-0.2, -0.15) is 0 Å². The van der Waals surface area contributed by atoms with Crippen molar-refractivity contribution >= 4 is 13.3 Å². The van der Waals surface area contributed by atoms with Gasteiger partial charge in [-0.05, 0) is 18.6 Å². The standard InChI is InChI=1S/C7H7BO.C2H6/c1-5-4-6(8)2-3-7(5)9;1-2/h2-4,9H,1H3;1-2H3. The monoisotopic (exact) mass is 148 g/mol. The Morgan fingerprint density at radius 3 is 2.18 bits per heavy atom. The molecule has 0 heterocycles. The van der Waals surface area contributed by atoms with Gasteiger partial charge in [-0.25, -0.2) is 0 Å². The molecule has 0 aliphatic carbocycles. The van der Waals surface area contributed by atoms with E-state index in [0.29, 0.717) is 11.2 Å². The normalized spacial score (nSPS) is 8.27. The molecule has 58 valence electrons. The van der Waals surface area contributed by atoms with Gasteiger partial charge >= 0.3 is 0 Å². The van der Waals surface area contributed by atoms with Gasteiger partial charge in [0.2, 0.25) is 0 Å². The first-order valence-electron chi connectivity index (χ1n) is 3.75. The average molecular weight is 148 g/mol. The quantitative estimate of drug-likeness (QED) is 0.553. The van der Waals surface area contributed by atoms with E-state index < -0.39 is 0 Å². The molecule has 0 bridgehead atoms. The lowest BCUT2D eigenvalue weighted by Crippen LogP contribution is -2.00. The molecule has 0 fully saturated rings. The van der Waals surface area contributed by atoms with Gasteiger partial charge in [0.05, 0.1) is 0 Å². The predicted molar refractivity (Wildman–Crippen MR) is 49.6 cm³/mol. The van der Waals surface area contributed by atoms with Crippen molar-refractivity contribution in [1.29, 1.82) is 0 Å². The number of phenolic OH excluding ortho intramolecular Hbond substituents is 1. The topological polar surface area (TPSA) is 20.2 Å². The second kappa shape index (κ2) is 4.83. The second-order valence-corrected chi connectivity index (χ2v) is 2.05. The molecule has 0 amide bonds. The van der Waals surface area contributed by atoms with Gasteiger partial charge in [-0.15, -0.1) is 0 Å². The van der Waals surface area contributed by atoms with Crippen LogP contribution in [0.4, 0.5) is 0 Å². The SMILES string of the molecule is CC.[B]c1ccc(O)c(C)c1. The van der Waals surface area contributed by atoms with Crippen LogP contribution in [-0.2, 0) is 0 Å². The van der Waals surface area contributed by atoms with Gasteiger partial charge in [0.1, 0.15) is 13.6 Å². The molecule has 0 saturated carbocycles. The molecule has 0 unspecified atom stereocenters. The fourth-order valence-corrected chi connectivity index (χ4v) is 0.679. The van der Waals surface area contributed by atoms with Gasteiger partial charge in [0, 0.05) is 0 Å². The second-order valence-electron chi connectivity index (χ2n) is 2.05. The van der Waals surface area contributed by atoms with Crippen molar-refractivity contribution in [1.82, 2.24) is 0 Å². The summed E-state index contributed by atoms with van der Waals surface area (Å²) in [5.41, 5.74) is 1.50. The summed E-state index contributed by atoms with van der Waals surface area (Å²) in [6.07, 6.45) is 0. The molecule has 0 spiro atoms. The van der Waals surface area contributed by atoms with Crippen LogP contribution in [0, 0.1) is 6.92 Å². The first-order chi connectivity index (χ1) is 5.20. The Morgan fingerprint density at radius 1 is 1.27 bits per heavy atom. The zero-order valence-corrected chi connectivity index (χ0v) is 7.26. The van der Waals surface area contributed by atoms with Crippen molar-refractivity contribution in [3.63, 3.8) is 0 Å². The lowest BCUT2D eigenvalue weighted by atomic mass is 9.94. The van der Waals surface area contributed by atoms with Crippen LogP contribution in [0.3, 0.4) is 0 Å². The molecule has 0 atom stereocenters. The summed E-state index contributed by atoms with van der Waals surface area (Å²) in [5, 5.41) is 8.99.